The van der Waals surface area contributed by atoms with E-state index in [9.17, 15) is 0 Å². The van der Waals surface area contributed by atoms with E-state index in [0.29, 0.717) is 11.0 Å². The van der Waals surface area contributed by atoms with Crippen molar-refractivity contribution in [3.05, 3.63) is 17.4 Å². The van der Waals surface area contributed by atoms with E-state index in [2.05, 4.69) is 10.1 Å². The van der Waals surface area contributed by atoms with E-state index in [4.69, 9.17) is 17.3 Å². The second-order valence-electron chi connectivity index (χ2n) is 2.53. The highest BCUT2D eigenvalue weighted by atomic mass is 35.5. The number of anilines is 1. The van der Waals surface area contributed by atoms with Crippen LogP contribution in [0.15, 0.2) is 12.3 Å². The van der Waals surface area contributed by atoms with Crippen LogP contribution in [-0.4, -0.2) is 14.8 Å². The van der Waals surface area contributed by atoms with Gasteiger partial charge in [-0.15, -0.1) is 0 Å². The molecular formula is C7H7ClN4. The van der Waals surface area contributed by atoms with Gasteiger partial charge in [-0.3, -0.25) is 4.68 Å². The van der Waals surface area contributed by atoms with Crippen LogP contribution in [0.5, 0.6) is 0 Å². The van der Waals surface area contributed by atoms with Gasteiger partial charge in [-0.1, -0.05) is 11.6 Å². The first-order chi connectivity index (χ1) is 5.68. The maximum absolute atomic E-state index is 5.71. The Morgan fingerprint density at radius 2 is 2.33 bits per heavy atom. The van der Waals surface area contributed by atoms with Crippen molar-refractivity contribution in [3.63, 3.8) is 0 Å². The quantitative estimate of drug-likeness (QED) is 0.623. The van der Waals surface area contributed by atoms with Gasteiger partial charge in [-0.05, 0) is 0 Å². The number of rotatable bonds is 0. The summed E-state index contributed by atoms with van der Waals surface area (Å²) >= 11 is 5.71. The topological polar surface area (TPSA) is 56.7 Å². The van der Waals surface area contributed by atoms with Gasteiger partial charge >= 0.3 is 0 Å². The highest BCUT2D eigenvalue weighted by Gasteiger charge is 2.05. The summed E-state index contributed by atoms with van der Waals surface area (Å²) in [5, 5.41) is 5.31. The number of nitrogens with zero attached hydrogens (tertiary/aromatic N) is 3. The van der Waals surface area contributed by atoms with E-state index in [1.165, 1.54) is 0 Å². The van der Waals surface area contributed by atoms with Crippen LogP contribution in [-0.2, 0) is 7.05 Å². The minimum Gasteiger partial charge on any atom is -0.382 e. The van der Waals surface area contributed by atoms with Gasteiger partial charge < -0.3 is 5.73 Å². The van der Waals surface area contributed by atoms with Gasteiger partial charge in [0.15, 0.2) is 5.82 Å². The number of pyridine rings is 1. The molecule has 0 saturated carbocycles. The molecular weight excluding hydrogens is 176 g/mol. The molecule has 0 atom stereocenters. The van der Waals surface area contributed by atoms with Gasteiger partial charge in [0, 0.05) is 19.3 Å². The fourth-order valence-corrected chi connectivity index (χ4v) is 1.31. The number of aromatic nitrogens is 3. The summed E-state index contributed by atoms with van der Waals surface area (Å²) < 4.78 is 1.68. The fourth-order valence-electron chi connectivity index (χ4n) is 1.15. The Labute approximate surface area is 73.9 Å². The van der Waals surface area contributed by atoms with Crippen LogP contribution < -0.4 is 5.73 Å². The van der Waals surface area contributed by atoms with Crippen molar-refractivity contribution in [3.8, 4) is 0 Å². The predicted octanol–water partition coefficient (Wildman–Crippen LogP) is 1.20. The molecule has 2 N–H and O–H groups in total. The second kappa shape index (κ2) is 2.35. The first-order valence-corrected chi connectivity index (χ1v) is 3.80. The Kier molecular flexibility index (Phi) is 1.44. The number of fused-ring (bicyclic) bond motifs is 1. The van der Waals surface area contributed by atoms with Crippen molar-refractivity contribution in [1.82, 2.24) is 14.8 Å². The molecule has 0 bridgehead atoms. The number of hydrogen-bond donors (Lipinski definition) is 1. The van der Waals surface area contributed by atoms with Crippen LogP contribution in [0, 0.1) is 0 Å². The molecule has 0 amide bonds. The standard InChI is InChI=1S/C7H7ClN4/c1-12-5-2-6(8)10-3-4(5)7(9)11-12/h2-3H,1H3,(H2,9,11). The summed E-state index contributed by atoms with van der Waals surface area (Å²) in [6.07, 6.45) is 1.62. The molecule has 2 heterocycles. The lowest BCUT2D eigenvalue weighted by molar-refractivity contribution is 0.802. The van der Waals surface area contributed by atoms with Crippen LogP contribution in [0.2, 0.25) is 5.15 Å². The van der Waals surface area contributed by atoms with E-state index in [1.807, 2.05) is 7.05 Å². The predicted molar refractivity (Wildman–Crippen MR) is 47.9 cm³/mol. The van der Waals surface area contributed by atoms with E-state index in [0.717, 1.165) is 10.9 Å². The average Bonchev–Trinajstić information content (AvgIpc) is 2.28. The Hall–Kier alpha value is -1.29. The summed E-state index contributed by atoms with van der Waals surface area (Å²) in [5.74, 6) is 0.483. The monoisotopic (exact) mass is 182 g/mol. The highest BCUT2D eigenvalue weighted by molar-refractivity contribution is 6.30. The van der Waals surface area contributed by atoms with Crippen LogP contribution in [0.25, 0.3) is 10.9 Å². The first-order valence-electron chi connectivity index (χ1n) is 3.42. The summed E-state index contributed by atoms with van der Waals surface area (Å²) in [5.41, 5.74) is 6.51. The van der Waals surface area contributed by atoms with E-state index in [1.54, 1.807) is 16.9 Å². The Balaban J connectivity index is 2.90. The molecule has 0 saturated heterocycles. The van der Waals surface area contributed by atoms with Crippen molar-refractivity contribution in [2.45, 2.75) is 0 Å². The zero-order chi connectivity index (χ0) is 8.72. The Morgan fingerprint density at radius 3 is 3.08 bits per heavy atom. The van der Waals surface area contributed by atoms with Gasteiger partial charge in [-0.2, -0.15) is 5.10 Å². The summed E-state index contributed by atoms with van der Waals surface area (Å²) in [6, 6.07) is 1.74. The molecule has 2 aromatic rings. The van der Waals surface area contributed by atoms with E-state index in [-0.39, 0.29) is 0 Å². The maximum atomic E-state index is 5.71. The number of halogens is 1. The van der Waals surface area contributed by atoms with E-state index < -0.39 is 0 Å². The van der Waals surface area contributed by atoms with Gasteiger partial charge in [0.1, 0.15) is 5.15 Å². The number of nitrogen functional groups attached to an aromatic ring is 1. The smallest absolute Gasteiger partial charge is 0.154 e. The SMILES string of the molecule is Cn1nc(N)c2cnc(Cl)cc21. The minimum absolute atomic E-state index is 0.450. The first kappa shape index (κ1) is 7.36. The molecule has 0 spiro atoms. The zero-order valence-electron chi connectivity index (χ0n) is 6.45. The zero-order valence-corrected chi connectivity index (χ0v) is 7.21. The molecule has 5 heteroatoms. The van der Waals surface area contributed by atoms with Crippen LogP contribution >= 0.6 is 11.6 Å². The van der Waals surface area contributed by atoms with Crippen LogP contribution in [0.3, 0.4) is 0 Å². The van der Waals surface area contributed by atoms with Crippen molar-refractivity contribution in [2.75, 3.05) is 5.73 Å². The fraction of sp³-hybridized carbons (Fsp3) is 0.143. The molecule has 0 aliphatic rings. The second-order valence-corrected chi connectivity index (χ2v) is 2.92. The normalized spacial score (nSPS) is 10.8. The van der Waals surface area contributed by atoms with Crippen molar-refractivity contribution in [1.29, 1.82) is 0 Å². The maximum Gasteiger partial charge on any atom is 0.154 e. The largest absolute Gasteiger partial charge is 0.382 e. The number of hydrogen-bond acceptors (Lipinski definition) is 3. The molecule has 0 fully saturated rings. The van der Waals surface area contributed by atoms with Gasteiger partial charge in [-0.25, -0.2) is 4.98 Å². The van der Waals surface area contributed by atoms with Gasteiger partial charge in [0.05, 0.1) is 10.9 Å². The molecule has 62 valence electrons. The molecule has 2 rings (SSSR count). The van der Waals surface area contributed by atoms with Crippen molar-refractivity contribution < 1.29 is 0 Å². The molecule has 0 aliphatic carbocycles. The van der Waals surface area contributed by atoms with Gasteiger partial charge in [0.25, 0.3) is 0 Å². The molecule has 4 nitrogen and oxygen atoms in total. The highest BCUT2D eigenvalue weighted by Crippen LogP contribution is 2.20. The lowest BCUT2D eigenvalue weighted by atomic mass is 10.3. The van der Waals surface area contributed by atoms with E-state index >= 15 is 0 Å². The third kappa shape index (κ3) is 0.921. The van der Waals surface area contributed by atoms with Gasteiger partial charge in [0.2, 0.25) is 0 Å². The summed E-state index contributed by atoms with van der Waals surface area (Å²) in [4.78, 5) is 3.91. The average molecular weight is 183 g/mol. The minimum atomic E-state index is 0.450. The van der Waals surface area contributed by atoms with Crippen LogP contribution in [0.4, 0.5) is 5.82 Å². The molecule has 0 unspecified atom stereocenters. The van der Waals surface area contributed by atoms with Crippen molar-refractivity contribution >= 4 is 28.3 Å². The third-order valence-electron chi connectivity index (χ3n) is 1.73. The molecule has 0 aromatic carbocycles. The summed E-state index contributed by atoms with van der Waals surface area (Å²) in [7, 11) is 1.81. The number of aryl methyl sites for hydroxylation is 1. The lowest BCUT2D eigenvalue weighted by Crippen LogP contribution is -1.91. The molecule has 0 aliphatic heterocycles. The molecule has 12 heavy (non-hydrogen) atoms. The van der Waals surface area contributed by atoms with Crippen molar-refractivity contribution in [2.24, 2.45) is 7.05 Å². The Bertz CT molecular complexity index is 434. The van der Waals surface area contributed by atoms with Crippen LogP contribution in [0.1, 0.15) is 0 Å². The molecule has 0 radical (unpaired) electrons. The Morgan fingerprint density at radius 1 is 1.58 bits per heavy atom. The molecule has 2 aromatic heterocycles. The summed E-state index contributed by atoms with van der Waals surface area (Å²) in [6.45, 7) is 0. The third-order valence-corrected chi connectivity index (χ3v) is 1.94. The number of nitrogens with two attached hydrogens (primary N) is 1. The lowest BCUT2D eigenvalue weighted by Gasteiger charge is -1.92.